The largest absolute Gasteiger partial charge is 0.328 e. The van der Waals surface area contributed by atoms with E-state index in [-0.39, 0.29) is 23.8 Å². The van der Waals surface area contributed by atoms with E-state index in [9.17, 15) is 9.59 Å². The van der Waals surface area contributed by atoms with Gasteiger partial charge in [0.2, 0.25) is 5.91 Å². The van der Waals surface area contributed by atoms with E-state index in [1.54, 1.807) is 17.3 Å². The fraction of sp³-hybridized carbons (Fsp3) is 0.227. The minimum absolute atomic E-state index is 0.0106. The number of aromatic nitrogens is 1. The predicted molar refractivity (Wildman–Crippen MR) is 111 cm³/mol. The Labute approximate surface area is 170 Å². The van der Waals surface area contributed by atoms with E-state index >= 15 is 0 Å². The van der Waals surface area contributed by atoms with Gasteiger partial charge in [-0.05, 0) is 54.1 Å². The maximum atomic E-state index is 13.0. The Hall–Kier alpha value is -2.73. The number of hydrogen-bond donors (Lipinski definition) is 1. The zero-order valence-corrected chi connectivity index (χ0v) is 16.7. The summed E-state index contributed by atoms with van der Waals surface area (Å²) in [5.74, 6) is -0.268. The van der Waals surface area contributed by atoms with Gasteiger partial charge in [-0.1, -0.05) is 28.1 Å². The molecule has 1 aliphatic carbocycles. The van der Waals surface area contributed by atoms with Crippen molar-refractivity contribution >= 4 is 44.2 Å². The van der Waals surface area contributed by atoms with Crippen molar-refractivity contribution in [2.75, 3.05) is 18.4 Å². The van der Waals surface area contributed by atoms with Gasteiger partial charge in [-0.25, -0.2) is 0 Å². The van der Waals surface area contributed by atoms with Crippen LogP contribution in [-0.4, -0.2) is 34.8 Å². The van der Waals surface area contributed by atoms with Crippen LogP contribution in [0.3, 0.4) is 0 Å². The number of carbonyl (C=O) groups is 2. The van der Waals surface area contributed by atoms with Crippen LogP contribution in [0, 0.1) is 0 Å². The summed E-state index contributed by atoms with van der Waals surface area (Å²) in [6.07, 6.45) is 5.57. The van der Waals surface area contributed by atoms with Crippen molar-refractivity contribution in [2.24, 2.45) is 0 Å². The smallest absolute Gasteiger partial charge is 0.254 e. The molecular weight excluding hydrogens is 418 g/mol. The van der Waals surface area contributed by atoms with Crippen molar-refractivity contribution in [2.45, 2.75) is 18.3 Å². The number of nitrogens with zero attached hydrogens (tertiary/aromatic N) is 2. The third kappa shape index (κ3) is 2.88. The number of amides is 2. The van der Waals surface area contributed by atoms with Gasteiger partial charge in [0.25, 0.3) is 5.91 Å². The molecule has 1 saturated carbocycles. The summed E-state index contributed by atoms with van der Waals surface area (Å²) in [4.78, 5) is 31.5. The second-order valence-corrected chi connectivity index (χ2v) is 8.50. The Bertz CT molecular complexity index is 1120. The Morgan fingerprint density at radius 3 is 2.89 bits per heavy atom. The van der Waals surface area contributed by atoms with Gasteiger partial charge in [-0.2, -0.15) is 0 Å². The number of anilines is 1. The van der Waals surface area contributed by atoms with E-state index < -0.39 is 0 Å². The molecule has 1 aromatic heterocycles. The van der Waals surface area contributed by atoms with Crippen LogP contribution in [0.5, 0.6) is 0 Å². The van der Waals surface area contributed by atoms with Gasteiger partial charge in [0.1, 0.15) is 6.54 Å². The maximum absolute atomic E-state index is 13.0. The minimum atomic E-state index is -0.193. The van der Waals surface area contributed by atoms with Crippen LogP contribution >= 0.6 is 15.9 Å². The Kier molecular flexibility index (Phi) is 3.98. The van der Waals surface area contributed by atoms with E-state index in [1.165, 1.54) is 0 Å². The number of pyridine rings is 1. The van der Waals surface area contributed by atoms with Crippen LogP contribution in [-0.2, 0) is 10.2 Å². The van der Waals surface area contributed by atoms with Gasteiger partial charge in [0.15, 0.2) is 0 Å². The van der Waals surface area contributed by atoms with E-state index in [4.69, 9.17) is 0 Å². The predicted octanol–water partition coefficient (Wildman–Crippen LogP) is 4.12. The van der Waals surface area contributed by atoms with Gasteiger partial charge in [0.05, 0.1) is 5.69 Å². The third-order valence-electron chi connectivity index (χ3n) is 5.71. The summed E-state index contributed by atoms with van der Waals surface area (Å²) in [6, 6.07) is 13.5. The molecule has 3 aromatic rings. The van der Waals surface area contributed by atoms with E-state index in [0.717, 1.165) is 33.7 Å². The fourth-order valence-corrected chi connectivity index (χ4v) is 4.49. The molecule has 2 aliphatic rings. The van der Waals surface area contributed by atoms with Crippen molar-refractivity contribution in [1.82, 2.24) is 9.88 Å². The highest BCUT2D eigenvalue weighted by Gasteiger charge is 2.51. The lowest BCUT2D eigenvalue weighted by Crippen LogP contribution is -2.46. The summed E-state index contributed by atoms with van der Waals surface area (Å²) in [5, 5.41) is 4.85. The lowest BCUT2D eigenvalue weighted by atomic mass is 9.86. The van der Waals surface area contributed by atoms with E-state index in [2.05, 4.69) is 32.3 Å². The first kappa shape index (κ1) is 17.4. The van der Waals surface area contributed by atoms with Crippen molar-refractivity contribution in [3.63, 3.8) is 0 Å². The summed E-state index contributed by atoms with van der Waals surface area (Å²) >= 11 is 3.51. The van der Waals surface area contributed by atoms with Crippen LogP contribution < -0.4 is 5.32 Å². The first-order chi connectivity index (χ1) is 13.6. The summed E-state index contributed by atoms with van der Waals surface area (Å²) in [7, 11) is 0. The number of hydrogen-bond acceptors (Lipinski definition) is 3. The molecule has 0 atom stereocenters. The van der Waals surface area contributed by atoms with E-state index in [0.29, 0.717) is 17.8 Å². The van der Waals surface area contributed by atoms with Crippen LogP contribution in [0.4, 0.5) is 5.69 Å². The lowest BCUT2D eigenvalue weighted by Gasteiger charge is -2.34. The van der Waals surface area contributed by atoms with Gasteiger partial charge in [-0.3, -0.25) is 14.6 Å². The van der Waals surface area contributed by atoms with Crippen LogP contribution in [0.25, 0.3) is 10.8 Å². The minimum Gasteiger partial charge on any atom is -0.328 e. The molecular formula is C22H18BrN3O2. The highest BCUT2D eigenvalue weighted by molar-refractivity contribution is 9.10. The summed E-state index contributed by atoms with van der Waals surface area (Å²) < 4.78 is 0.987. The number of fused-ring (bicyclic) bond motifs is 3. The quantitative estimate of drug-likeness (QED) is 0.672. The molecule has 1 spiro atoms. The molecule has 1 N–H and O–H groups in total. The molecule has 140 valence electrons. The maximum Gasteiger partial charge on any atom is 0.254 e. The molecule has 2 heterocycles. The van der Waals surface area contributed by atoms with Crippen molar-refractivity contribution in [3.05, 3.63) is 70.5 Å². The second-order valence-electron chi connectivity index (χ2n) is 7.58. The molecule has 0 saturated heterocycles. The fourth-order valence-electron chi connectivity index (χ4n) is 4.13. The average molecular weight is 436 g/mol. The third-order valence-corrected chi connectivity index (χ3v) is 6.20. The molecule has 6 heteroatoms. The van der Waals surface area contributed by atoms with Crippen LogP contribution in [0.2, 0.25) is 0 Å². The summed E-state index contributed by atoms with van der Waals surface area (Å²) in [6.45, 7) is 0.645. The zero-order chi connectivity index (χ0) is 19.3. The first-order valence-electron chi connectivity index (χ1n) is 9.28. The molecule has 0 unspecified atom stereocenters. The molecule has 5 rings (SSSR count). The van der Waals surface area contributed by atoms with Gasteiger partial charge in [0, 0.05) is 39.8 Å². The van der Waals surface area contributed by atoms with Crippen molar-refractivity contribution in [3.8, 4) is 0 Å². The van der Waals surface area contributed by atoms with Gasteiger partial charge in [-0.15, -0.1) is 0 Å². The topological polar surface area (TPSA) is 62.3 Å². The van der Waals surface area contributed by atoms with Gasteiger partial charge >= 0.3 is 0 Å². The molecule has 0 radical (unpaired) electrons. The molecule has 28 heavy (non-hydrogen) atoms. The molecule has 2 aromatic carbocycles. The number of rotatable bonds is 3. The highest BCUT2D eigenvalue weighted by Crippen LogP contribution is 2.52. The normalized spacial score (nSPS) is 16.9. The van der Waals surface area contributed by atoms with Crippen LogP contribution in [0.1, 0.15) is 28.8 Å². The number of carbonyl (C=O) groups excluding carboxylic acids is 2. The Balaban J connectivity index is 1.38. The lowest BCUT2D eigenvalue weighted by molar-refractivity contribution is -0.117. The molecule has 1 aliphatic heterocycles. The van der Waals surface area contributed by atoms with Crippen molar-refractivity contribution < 1.29 is 9.59 Å². The number of nitrogens with one attached hydrogen (secondary N) is 1. The molecule has 0 bridgehead atoms. The molecule has 5 nitrogen and oxygen atoms in total. The van der Waals surface area contributed by atoms with E-state index in [1.807, 2.05) is 36.4 Å². The second kappa shape index (κ2) is 6.41. The van der Waals surface area contributed by atoms with Crippen molar-refractivity contribution in [1.29, 1.82) is 0 Å². The zero-order valence-electron chi connectivity index (χ0n) is 15.1. The first-order valence-corrected chi connectivity index (χ1v) is 10.1. The SMILES string of the molecule is O=C(CN1CC2(CC2)c2cc(Br)ccc2C1=O)Nc1cccc2ccncc12. The number of halogens is 1. The monoisotopic (exact) mass is 435 g/mol. The number of benzene rings is 2. The Morgan fingerprint density at radius 2 is 2.07 bits per heavy atom. The standard InChI is InChI=1S/C22H18BrN3O2/c23-15-4-5-16-18(10-15)22(7-8-22)13-26(21(16)28)12-20(27)25-19-3-1-2-14-6-9-24-11-17(14)19/h1-6,9-11H,7-8,12-13H2,(H,25,27). The highest BCUT2D eigenvalue weighted by atomic mass is 79.9. The molecule has 2 amide bonds. The average Bonchev–Trinajstić information content (AvgIpc) is 3.47. The van der Waals surface area contributed by atoms with Gasteiger partial charge < -0.3 is 10.2 Å². The van der Waals surface area contributed by atoms with Crippen LogP contribution in [0.15, 0.2) is 59.3 Å². The summed E-state index contributed by atoms with van der Waals surface area (Å²) in [5.41, 5.74) is 2.56. The Morgan fingerprint density at radius 1 is 1.21 bits per heavy atom. The molecule has 1 fully saturated rings.